The van der Waals surface area contributed by atoms with E-state index >= 15 is 0 Å². The van der Waals surface area contributed by atoms with Crippen molar-refractivity contribution in [2.24, 2.45) is 0 Å². The summed E-state index contributed by atoms with van der Waals surface area (Å²) < 4.78 is 0. The number of hydrazine groups is 1. The minimum Gasteiger partial charge on any atom is -0.331 e. The summed E-state index contributed by atoms with van der Waals surface area (Å²) in [6, 6.07) is 17.3. The Morgan fingerprint density at radius 3 is 2.24 bits per heavy atom. The molecule has 0 aliphatic rings. The lowest BCUT2D eigenvalue weighted by atomic mass is 10.1. The fourth-order valence-corrected chi connectivity index (χ4v) is 2.15. The van der Waals surface area contributed by atoms with E-state index in [4.69, 9.17) is 24.4 Å². The Hall–Kier alpha value is -2.77. The normalized spacial score (nSPS) is 10.1. The molecule has 0 atom stereocenters. The number of hydrogen-bond acceptors (Lipinski definition) is 3. The van der Waals surface area contributed by atoms with Crippen molar-refractivity contribution in [1.82, 2.24) is 16.2 Å². The number of aryl methyl sites for hydroxylation is 1. The highest BCUT2D eigenvalue weighted by atomic mass is 32.1. The molecule has 0 unspecified atom stereocenters. The van der Waals surface area contributed by atoms with Crippen LogP contribution in [0.5, 0.6) is 0 Å². The number of nitrogens with one attached hydrogen (secondary N) is 4. The van der Waals surface area contributed by atoms with Crippen molar-refractivity contribution in [3.8, 4) is 0 Å². The Morgan fingerprint density at radius 2 is 1.56 bits per heavy atom. The number of anilines is 1. The van der Waals surface area contributed by atoms with Gasteiger partial charge in [0.1, 0.15) is 0 Å². The molecule has 0 heterocycles. The van der Waals surface area contributed by atoms with Gasteiger partial charge in [0.25, 0.3) is 0 Å². The van der Waals surface area contributed by atoms with E-state index in [0.717, 1.165) is 16.8 Å². The third kappa shape index (κ3) is 7.11. The van der Waals surface area contributed by atoms with Gasteiger partial charge in [0.2, 0.25) is 5.91 Å². The van der Waals surface area contributed by atoms with Crippen molar-refractivity contribution in [2.75, 3.05) is 5.32 Å². The zero-order valence-electron chi connectivity index (χ0n) is 13.6. The van der Waals surface area contributed by atoms with Crippen LogP contribution in [-0.2, 0) is 4.79 Å². The van der Waals surface area contributed by atoms with Gasteiger partial charge in [-0.05, 0) is 55.1 Å². The van der Waals surface area contributed by atoms with E-state index in [1.165, 1.54) is 6.08 Å². The zero-order valence-corrected chi connectivity index (χ0v) is 15.2. The number of rotatable bonds is 3. The van der Waals surface area contributed by atoms with Crippen LogP contribution in [-0.4, -0.2) is 16.1 Å². The van der Waals surface area contributed by atoms with Crippen molar-refractivity contribution < 1.29 is 4.79 Å². The number of para-hydroxylation sites is 1. The van der Waals surface area contributed by atoms with Gasteiger partial charge in [0.15, 0.2) is 10.2 Å². The lowest BCUT2D eigenvalue weighted by molar-refractivity contribution is -0.115. The standard InChI is InChI=1S/C18H18N4OS2/c1-13-7-9-14(10-8-13)11-12-16(23)20-18(25)22-21-17(24)19-15-5-3-2-4-6-15/h2-12H,1H3,(H2,19,21,24)(H2,20,22,23,25)/b12-11+. The van der Waals surface area contributed by atoms with Gasteiger partial charge in [-0.15, -0.1) is 0 Å². The predicted molar refractivity (Wildman–Crippen MR) is 110 cm³/mol. The van der Waals surface area contributed by atoms with Crippen molar-refractivity contribution in [1.29, 1.82) is 0 Å². The minimum atomic E-state index is -0.332. The van der Waals surface area contributed by atoms with Gasteiger partial charge in [0, 0.05) is 11.8 Å². The molecule has 5 nitrogen and oxygen atoms in total. The summed E-state index contributed by atoms with van der Waals surface area (Å²) in [6.45, 7) is 2.01. The van der Waals surface area contributed by atoms with Crippen molar-refractivity contribution in [3.63, 3.8) is 0 Å². The van der Waals surface area contributed by atoms with Crippen LogP contribution in [0.2, 0.25) is 0 Å². The second kappa shape index (κ2) is 9.51. The maximum absolute atomic E-state index is 11.8. The van der Waals surface area contributed by atoms with E-state index in [9.17, 15) is 4.79 Å². The molecule has 7 heteroatoms. The monoisotopic (exact) mass is 370 g/mol. The summed E-state index contributed by atoms with van der Waals surface area (Å²) in [5, 5.41) is 5.95. The second-order valence-corrected chi connectivity index (χ2v) is 5.95. The molecule has 0 saturated heterocycles. The Balaban J connectivity index is 1.73. The molecule has 0 aromatic heterocycles. The van der Waals surface area contributed by atoms with Gasteiger partial charge in [-0.3, -0.25) is 21.0 Å². The molecule has 0 bridgehead atoms. The summed E-state index contributed by atoms with van der Waals surface area (Å²) >= 11 is 10.2. The highest BCUT2D eigenvalue weighted by molar-refractivity contribution is 7.80. The third-order valence-corrected chi connectivity index (χ3v) is 3.47. The van der Waals surface area contributed by atoms with Crippen LogP contribution < -0.4 is 21.5 Å². The van der Waals surface area contributed by atoms with Gasteiger partial charge in [-0.1, -0.05) is 48.0 Å². The maximum atomic E-state index is 11.8. The molecule has 0 aliphatic carbocycles. The van der Waals surface area contributed by atoms with Crippen molar-refractivity contribution >= 4 is 52.3 Å². The number of benzene rings is 2. The number of hydrogen-bond donors (Lipinski definition) is 4. The van der Waals surface area contributed by atoms with Gasteiger partial charge in [0.05, 0.1) is 0 Å². The fraction of sp³-hybridized carbons (Fsp3) is 0.0556. The molecule has 128 valence electrons. The summed E-state index contributed by atoms with van der Waals surface area (Å²) in [5.41, 5.74) is 8.30. The van der Waals surface area contributed by atoms with E-state index in [2.05, 4.69) is 21.5 Å². The Morgan fingerprint density at radius 1 is 0.920 bits per heavy atom. The average Bonchev–Trinajstić information content (AvgIpc) is 2.60. The lowest BCUT2D eigenvalue weighted by Gasteiger charge is -2.13. The molecular formula is C18H18N4OS2. The van der Waals surface area contributed by atoms with Crippen molar-refractivity contribution in [3.05, 3.63) is 71.8 Å². The third-order valence-electron chi connectivity index (χ3n) is 3.06. The molecule has 1 amide bonds. The number of carbonyl (C=O) groups is 1. The number of amides is 1. The highest BCUT2D eigenvalue weighted by Crippen LogP contribution is 2.05. The van der Waals surface area contributed by atoms with Crippen LogP contribution in [0.3, 0.4) is 0 Å². The van der Waals surface area contributed by atoms with Gasteiger partial charge in [-0.2, -0.15) is 0 Å². The molecule has 0 radical (unpaired) electrons. The van der Waals surface area contributed by atoms with Gasteiger partial charge in [-0.25, -0.2) is 0 Å². The smallest absolute Gasteiger partial charge is 0.250 e. The SMILES string of the molecule is Cc1ccc(/C=C/C(=O)NC(=S)NNC(=S)Nc2ccccc2)cc1. The first-order valence-electron chi connectivity index (χ1n) is 7.51. The van der Waals surface area contributed by atoms with E-state index in [1.54, 1.807) is 6.08 Å². The van der Waals surface area contributed by atoms with Gasteiger partial charge >= 0.3 is 0 Å². The molecule has 0 aliphatic heterocycles. The first-order valence-corrected chi connectivity index (χ1v) is 8.32. The van der Waals surface area contributed by atoms with Crippen LogP contribution >= 0.6 is 24.4 Å². The lowest BCUT2D eigenvalue weighted by Crippen LogP contribution is -2.49. The molecular weight excluding hydrogens is 352 g/mol. The quantitative estimate of drug-likeness (QED) is 0.379. The van der Waals surface area contributed by atoms with E-state index < -0.39 is 0 Å². The first-order chi connectivity index (χ1) is 12.0. The number of thiocarbonyl (C=S) groups is 2. The molecule has 2 aromatic rings. The topological polar surface area (TPSA) is 65.2 Å². The van der Waals surface area contributed by atoms with E-state index in [0.29, 0.717) is 5.11 Å². The van der Waals surface area contributed by atoms with E-state index in [1.807, 2.05) is 61.5 Å². The van der Waals surface area contributed by atoms with Crippen molar-refractivity contribution in [2.45, 2.75) is 6.92 Å². The first kappa shape index (κ1) is 18.6. The summed E-state index contributed by atoms with van der Waals surface area (Å²) in [5.74, 6) is -0.332. The van der Waals surface area contributed by atoms with Crippen LogP contribution in [0.25, 0.3) is 6.08 Å². The average molecular weight is 371 g/mol. The largest absolute Gasteiger partial charge is 0.331 e. The number of carbonyl (C=O) groups excluding carboxylic acids is 1. The molecule has 2 aromatic carbocycles. The molecule has 25 heavy (non-hydrogen) atoms. The fourth-order valence-electron chi connectivity index (χ4n) is 1.83. The highest BCUT2D eigenvalue weighted by Gasteiger charge is 2.02. The zero-order chi connectivity index (χ0) is 18.1. The predicted octanol–water partition coefficient (Wildman–Crippen LogP) is 2.90. The van der Waals surface area contributed by atoms with Crippen LogP contribution in [0.4, 0.5) is 5.69 Å². The van der Waals surface area contributed by atoms with Crippen LogP contribution in [0, 0.1) is 6.92 Å². The Labute approximate surface area is 157 Å². The summed E-state index contributed by atoms with van der Waals surface area (Å²) in [4.78, 5) is 11.8. The maximum Gasteiger partial charge on any atom is 0.250 e. The molecule has 0 spiro atoms. The molecule has 0 fully saturated rings. The molecule has 4 N–H and O–H groups in total. The molecule has 2 rings (SSSR count). The summed E-state index contributed by atoms with van der Waals surface area (Å²) in [6.07, 6.45) is 3.13. The summed E-state index contributed by atoms with van der Waals surface area (Å²) in [7, 11) is 0. The van der Waals surface area contributed by atoms with E-state index in [-0.39, 0.29) is 11.0 Å². The minimum absolute atomic E-state index is 0.121. The Kier molecular flexibility index (Phi) is 7.06. The Bertz CT molecular complexity index is 773. The second-order valence-electron chi connectivity index (χ2n) is 5.13. The molecule has 0 saturated carbocycles. The van der Waals surface area contributed by atoms with Crippen LogP contribution in [0.15, 0.2) is 60.7 Å². The van der Waals surface area contributed by atoms with Gasteiger partial charge < -0.3 is 5.32 Å². The van der Waals surface area contributed by atoms with Crippen LogP contribution in [0.1, 0.15) is 11.1 Å².